The lowest BCUT2D eigenvalue weighted by Gasteiger charge is -2.23. The van der Waals surface area contributed by atoms with Crippen molar-refractivity contribution in [3.05, 3.63) is 29.8 Å². The van der Waals surface area contributed by atoms with Crippen molar-refractivity contribution in [1.82, 2.24) is 10.2 Å². The van der Waals surface area contributed by atoms with E-state index >= 15 is 0 Å². The van der Waals surface area contributed by atoms with Gasteiger partial charge in [-0.1, -0.05) is 19.1 Å². The summed E-state index contributed by atoms with van der Waals surface area (Å²) in [6.45, 7) is 2.41. The van der Waals surface area contributed by atoms with Gasteiger partial charge in [-0.25, -0.2) is 0 Å². The number of carbonyl (C=O) groups is 2. The number of nitrogens with zero attached hydrogens (tertiary/aromatic N) is 1. The predicted octanol–water partition coefficient (Wildman–Crippen LogP) is 2.01. The average molecular weight is 322 g/mol. The highest BCUT2D eigenvalue weighted by Crippen LogP contribution is 2.22. The monoisotopic (exact) mass is 322 g/mol. The fraction of sp³-hybridized carbons (Fsp3) is 0.500. The van der Waals surface area contributed by atoms with E-state index in [2.05, 4.69) is 5.32 Å². The van der Waals surface area contributed by atoms with Gasteiger partial charge in [-0.05, 0) is 24.1 Å². The molecule has 1 aliphatic heterocycles. The third kappa shape index (κ3) is 4.16. The molecule has 5 nitrogen and oxygen atoms in total. The van der Waals surface area contributed by atoms with Gasteiger partial charge in [0, 0.05) is 18.7 Å². The van der Waals surface area contributed by atoms with Crippen LogP contribution in [-0.4, -0.2) is 41.5 Å². The molecule has 0 saturated carbocycles. The summed E-state index contributed by atoms with van der Waals surface area (Å²) in [4.78, 5) is 26.1. The number of benzene rings is 1. The first-order valence-electron chi connectivity index (χ1n) is 7.43. The van der Waals surface area contributed by atoms with Crippen molar-refractivity contribution >= 4 is 23.6 Å². The summed E-state index contributed by atoms with van der Waals surface area (Å²) >= 11 is 1.62. The highest BCUT2D eigenvalue weighted by molar-refractivity contribution is 7.99. The minimum atomic E-state index is -0.352. The van der Waals surface area contributed by atoms with Crippen LogP contribution in [-0.2, 0) is 16.1 Å². The van der Waals surface area contributed by atoms with Crippen LogP contribution in [0.1, 0.15) is 25.3 Å². The molecule has 0 aliphatic carbocycles. The molecule has 1 N–H and O–H groups in total. The van der Waals surface area contributed by atoms with Gasteiger partial charge in [-0.2, -0.15) is 0 Å². The first-order valence-corrected chi connectivity index (χ1v) is 8.59. The van der Waals surface area contributed by atoms with E-state index in [0.29, 0.717) is 24.6 Å². The first-order chi connectivity index (χ1) is 10.7. The van der Waals surface area contributed by atoms with Gasteiger partial charge in [0.05, 0.1) is 13.0 Å². The highest BCUT2D eigenvalue weighted by Gasteiger charge is 2.33. The van der Waals surface area contributed by atoms with Crippen molar-refractivity contribution in [1.29, 1.82) is 0 Å². The third-order valence-corrected chi connectivity index (χ3v) is 4.58. The van der Waals surface area contributed by atoms with Gasteiger partial charge in [0.15, 0.2) is 0 Å². The second-order valence-corrected chi connectivity index (χ2v) is 6.20. The Labute approximate surface area is 135 Å². The van der Waals surface area contributed by atoms with Gasteiger partial charge in [0.1, 0.15) is 11.8 Å². The predicted molar refractivity (Wildman–Crippen MR) is 87.7 cm³/mol. The van der Waals surface area contributed by atoms with Crippen molar-refractivity contribution in [3.63, 3.8) is 0 Å². The van der Waals surface area contributed by atoms with E-state index in [1.165, 1.54) is 0 Å². The normalized spacial score (nSPS) is 17.4. The standard InChI is InChI=1S/C16H22N2O3S/c1-3-5-15(19)18-11-22-10-14(18)16(20)17-9-12-6-4-7-13(8-12)21-2/h4,6-8,14H,3,5,9-11H2,1-2H3,(H,17,20)/t14-/m0/s1. The number of thioether (sulfide) groups is 1. The number of carbonyl (C=O) groups excluding carboxylic acids is 2. The smallest absolute Gasteiger partial charge is 0.243 e. The molecule has 0 aromatic heterocycles. The molecule has 0 spiro atoms. The van der Waals surface area contributed by atoms with Crippen molar-refractivity contribution in [3.8, 4) is 5.75 Å². The topological polar surface area (TPSA) is 58.6 Å². The summed E-state index contributed by atoms with van der Waals surface area (Å²) in [6.07, 6.45) is 1.30. The van der Waals surface area contributed by atoms with Crippen LogP contribution in [0.4, 0.5) is 0 Å². The summed E-state index contributed by atoms with van der Waals surface area (Å²) in [5.74, 6) is 2.02. The number of nitrogens with one attached hydrogen (secondary N) is 1. The molecule has 0 radical (unpaired) electrons. The van der Waals surface area contributed by atoms with Crippen LogP contribution < -0.4 is 10.1 Å². The number of methoxy groups -OCH3 is 1. The maximum Gasteiger partial charge on any atom is 0.243 e. The van der Waals surface area contributed by atoms with Crippen molar-refractivity contribution in [2.24, 2.45) is 0 Å². The largest absolute Gasteiger partial charge is 0.497 e. The number of rotatable bonds is 6. The molecule has 6 heteroatoms. The maximum absolute atomic E-state index is 12.3. The van der Waals surface area contributed by atoms with Crippen LogP contribution in [0.2, 0.25) is 0 Å². The molecule has 2 amide bonds. The van der Waals surface area contributed by atoms with E-state index in [-0.39, 0.29) is 17.9 Å². The van der Waals surface area contributed by atoms with Crippen LogP contribution in [0.5, 0.6) is 5.75 Å². The molecule has 2 rings (SSSR count). The minimum absolute atomic E-state index is 0.0639. The fourth-order valence-corrected chi connectivity index (χ4v) is 3.53. The molecule has 1 aromatic rings. The summed E-state index contributed by atoms with van der Waals surface area (Å²) < 4.78 is 5.17. The summed E-state index contributed by atoms with van der Waals surface area (Å²) in [5, 5.41) is 2.92. The van der Waals surface area contributed by atoms with Crippen LogP contribution in [0.15, 0.2) is 24.3 Å². The van der Waals surface area contributed by atoms with E-state index in [1.54, 1.807) is 23.8 Å². The van der Waals surface area contributed by atoms with Crippen molar-refractivity contribution < 1.29 is 14.3 Å². The van der Waals surface area contributed by atoms with Crippen LogP contribution in [0.3, 0.4) is 0 Å². The molecular formula is C16H22N2O3S. The van der Waals surface area contributed by atoms with Gasteiger partial charge < -0.3 is 15.0 Å². The Hall–Kier alpha value is -1.69. The van der Waals surface area contributed by atoms with E-state index in [0.717, 1.165) is 17.7 Å². The minimum Gasteiger partial charge on any atom is -0.497 e. The zero-order valence-corrected chi connectivity index (χ0v) is 13.8. The Balaban J connectivity index is 1.92. The Kier molecular flexibility index (Phi) is 6.12. The van der Waals surface area contributed by atoms with Gasteiger partial charge in [0.25, 0.3) is 0 Å². The summed E-state index contributed by atoms with van der Waals surface area (Å²) in [7, 11) is 1.62. The van der Waals surface area contributed by atoms with E-state index < -0.39 is 0 Å². The molecule has 120 valence electrons. The molecule has 0 unspecified atom stereocenters. The number of ether oxygens (including phenoxy) is 1. The zero-order valence-electron chi connectivity index (χ0n) is 13.0. The second-order valence-electron chi connectivity index (χ2n) is 5.20. The first kappa shape index (κ1) is 16.7. The van der Waals surface area contributed by atoms with Crippen LogP contribution in [0, 0.1) is 0 Å². The van der Waals surface area contributed by atoms with E-state index in [4.69, 9.17) is 4.74 Å². The Morgan fingerprint density at radius 3 is 3.00 bits per heavy atom. The second kappa shape index (κ2) is 8.08. The molecule has 0 bridgehead atoms. The van der Waals surface area contributed by atoms with Crippen molar-refractivity contribution in [2.45, 2.75) is 32.4 Å². The summed E-state index contributed by atoms with van der Waals surface area (Å²) in [6, 6.07) is 7.23. The maximum atomic E-state index is 12.3. The van der Waals surface area contributed by atoms with Crippen LogP contribution >= 0.6 is 11.8 Å². The van der Waals surface area contributed by atoms with Crippen LogP contribution in [0.25, 0.3) is 0 Å². The Bertz CT molecular complexity index is 536. The summed E-state index contributed by atoms with van der Waals surface area (Å²) in [5.41, 5.74) is 0.977. The van der Waals surface area contributed by atoms with Crippen molar-refractivity contribution in [2.75, 3.05) is 18.7 Å². The van der Waals surface area contributed by atoms with Gasteiger partial charge in [-0.15, -0.1) is 11.8 Å². The van der Waals surface area contributed by atoms with Gasteiger partial charge >= 0.3 is 0 Å². The zero-order chi connectivity index (χ0) is 15.9. The molecule has 22 heavy (non-hydrogen) atoms. The lowest BCUT2D eigenvalue weighted by molar-refractivity contribution is -0.138. The molecule has 1 fully saturated rings. The molecule has 1 aromatic carbocycles. The number of hydrogen-bond acceptors (Lipinski definition) is 4. The molecular weight excluding hydrogens is 300 g/mol. The Morgan fingerprint density at radius 2 is 2.27 bits per heavy atom. The molecule has 1 atom stereocenters. The van der Waals surface area contributed by atoms with Gasteiger partial charge in [-0.3, -0.25) is 9.59 Å². The van der Waals surface area contributed by atoms with E-state index in [1.807, 2.05) is 31.2 Å². The quantitative estimate of drug-likeness (QED) is 0.870. The third-order valence-electron chi connectivity index (χ3n) is 3.57. The molecule has 1 saturated heterocycles. The number of amides is 2. The number of hydrogen-bond donors (Lipinski definition) is 1. The fourth-order valence-electron chi connectivity index (χ4n) is 2.35. The lowest BCUT2D eigenvalue weighted by atomic mass is 10.2. The molecule has 1 aliphatic rings. The van der Waals surface area contributed by atoms with E-state index in [9.17, 15) is 9.59 Å². The lowest BCUT2D eigenvalue weighted by Crippen LogP contribution is -2.46. The average Bonchev–Trinajstić information content (AvgIpc) is 3.03. The SMILES string of the molecule is CCCC(=O)N1CSC[C@H]1C(=O)NCc1cccc(OC)c1. The van der Waals surface area contributed by atoms with Gasteiger partial charge in [0.2, 0.25) is 11.8 Å². The molecule has 1 heterocycles. The highest BCUT2D eigenvalue weighted by atomic mass is 32.2. The Morgan fingerprint density at radius 1 is 1.45 bits per heavy atom.